The average molecular weight is 224 g/mol. The van der Waals surface area contributed by atoms with Gasteiger partial charge in [0.1, 0.15) is 0 Å². The molecule has 0 aromatic rings. The van der Waals surface area contributed by atoms with Gasteiger partial charge in [-0.2, -0.15) is 0 Å². The predicted molar refractivity (Wildman–Crippen MR) is 64.9 cm³/mol. The van der Waals surface area contributed by atoms with Gasteiger partial charge in [-0.05, 0) is 31.6 Å². The van der Waals surface area contributed by atoms with Crippen molar-refractivity contribution in [1.82, 2.24) is 10.2 Å². The largest absolute Gasteiger partial charge is 0.323 e. The molecule has 0 bridgehead atoms. The van der Waals surface area contributed by atoms with E-state index >= 15 is 0 Å². The smallest absolute Gasteiger partial charge is 0.241 e. The zero-order valence-electron chi connectivity index (χ0n) is 10.7. The van der Waals surface area contributed by atoms with Crippen LogP contribution in [0, 0.1) is 5.92 Å². The molecular weight excluding hydrogens is 200 g/mol. The molecule has 1 N–H and O–H groups in total. The van der Waals surface area contributed by atoms with E-state index in [0.717, 1.165) is 12.8 Å². The molecule has 1 saturated heterocycles. The summed E-state index contributed by atoms with van der Waals surface area (Å²) in [7, 11) is 0. The summed E-state index contributed by atoms with van der Waals surface area (Å²) in [4.78, 5) is 14.5. The maximum atomic E-state index is 12.3. The Morgan fingerprint density at radius 2 is 2.06 bits per heavy atom. The van der Waals surface area contributed by atoms with Crippen LogP contribution < -0.4 is 5.32 Å². The van der Waals surface area contributed by atoms with Gasteiger partial charge in [0.2, 0.25) is 5.91 Å². The highest BCUT2D eigenvalue weighted by molar-refractivity contribution is 5.84. The molecule has 2 aliphatic rings. The summed E-state index contributed by atoms with van der Waals surface area (Å²) >= 11 is 0. The molecule has 3 nitrogen and oxygen atoms in total. The van der Waals surface area contributed by atoms with Gasteiger partial charge in [-0.25, -0.2) is 0 Å². The number of hydrogen-bond donors (Lipinski definition) is 1. The van der Waals surface area contributed by atoms with Crippen molar-refractivity contribution in [2.24, 2.45) is 5.92 Å². The first kappa shape index (κ1) is 11.9. The predicted octanol–water partition coefficient (Wildman–Crippen LogP) is 2.12. The van der Waals surface area contributed by atoms with E-state index in [0.29, 0.717) is 17.9 Å². The van der Waals surface area contributed by atoms with Gasteiger partial charge in [-0.15, -0.1) is 0 Å². The van der Waals surface area contributed by atoms with Crippen LogP contribution >= 0.6 is 0 Å². The molecule has 0 radical (unpaired) electrons. The maximum Gasteiger partial charge on any atom is 0.241 e. The molecule has 92 valence electrons. The molecule has 2 rings (SSSR count). The minimum atomic E-state index is 0.0674. The number of nitrogens with one attached hydrogen (secondary N) is 1. The van der Waals surface area contributed by atoms with Crippen LogP contribution in [-0.2, 0) is 4.79 Å². The van der Waals surface area contributed by atoms with Crippen LogP contribution in [0.5, 0.6) is 0 Å². The quantitative estimate of drug-likeness (QED) is 0.796. The lowest BCUT2D eigenvalue weighted by Gasteiger charge is -2.32. The maximum absolute atomic E-state index is 12.3. The van der Waals surface area contributed by atoms with Crippen molar-refractivity contribution in [3.63, 3.8) is 0 Å². The molecule has 1 amide bonds. The van der Waals surface area contributed by atoms with E-state index in [-0.39, 0.29) is 12.2 Å². The van der Waals surface area contributed by atoms with Gasteiger partial charge in [0, 0.05) is 6.04 Å². The van der Waals surface area contributed by atoms with Gasteiger partial charge >= 0.3 is 0 Å². The Kier molecular flexibility index (Phi) is 3.53. The van der Waals surface area contributed by atoms with Gasteiger partial charge in [-0.3, -0.25) is 10.1 Å². The third-order valence-corrected chi connectivity index (χ3v) is 4.25. The van der Waals surface area contributed by atoms with Crippen molar-refractivity contribution in [3.05, 3.63) is 0 Å². The topological polar surface area (TPSA) is 32.3 Å². The molecule has 1 heterocycles. The van der Waals surface area contributed by atoms with Crippen molar-refractivity contribution in [2.45, 2.75) is 71.1 Å². The standard InChI is InChI=1S/C13H24N2O/c1-4-10-13(16)15(12(5-2)14-10)11-8-6-7-9(11)3/h9-12,14H,4-8H2,1-3H3. The van der Waals surface area contributed by atoms with Crippen molar-refractivity contribution < 1.29 is 4.79 Å². The summed E-state index contributed by atoms with van der Waals surface area (Å²) in [5.41, 5.74) is 0. The molecule has 1 saturated carbocycles. The van der Waals surface area contributed by atoms with E-state index < -0.39 is 0 Å². The van der Waals surface area contributed by atoms with Gasteiger partial charge in [-0.1, -0.05) is 27.2 Å². The lowest BCUT2D eigenvalue weighted by Crippen LogP contribution is -2.45. The van der Waals surface area contributed by atoms with E-state index in [2.05, 4.69) is 31.0 Å². The van der Waals surface area contributed by atoms with Gasteiger partial charge < -0.3 is 4.90 Å². The third kappa shape index (κ3) is 1.86. The van der Waals surface area contributed by atoms with Crippen LogP contribution in [0.3, 0.4) is 0 Å². The Morgan fingerprint density at radius 1 is 1.31 bits per heavy atom. The van der Waals surface area contributed by atoms with Gasteiger partial charge in [0.25, 0.3) is 0 Å². The normalized spacial score (nSPS) is 39.7. The Morgan fingerprint density at radius 3 is 2.56 bits per heavy atom. The molecule has 0 aromatic carbocycles. The number of amides is 1. The molecule has 16 heavy (non-hydrogen) atoms. The van der Waals surface area contributed by atoms with E-state index in [1.54, 1.807) is 0 Å². The summed E-state index contributed by atoms with van der Waals surface area (Å²) in [6.07, 6.45) is 5.97. The first-order valence-electron chi connectivity index (χ1n) is 6.77. The summed E-state index contributed by atoms with van der Waals surface area (Å²) in [6.45, 7) is 6.54. The lowest BCUT2D eigenvalue weighted by molar-refractivity contribution is -0.133. The van der Waals surface area contributed by atoms with E-state index in [1.807, 2.05) is 0 Å². The highest BCUT2D eigenvalue weighted by atomic mass is 16.2. The second-order valence-corrected chi connectivity index (χ2v) is 5.27. The lowest BCUT2D eigenvalue weighted by atomic mass is 10.0. The van der Waals surface area contributed by atoms with Crippen LogP contribution in [0.25, 0.3) is 0 Å². The van der Waals surface area contributed by atoms with Crippen molar-refractivity contribution in [2.75, 3.05) is 0 Å². The van der Waals surface area contributed by atoms with Crippen molar-refractivity contribution in [3.8, 4) is 0 Å². The number of carbonyl (C=O) groups excluding carboxylic acids is 1. The van der Waals surface area contributed by atoms with E-state index in [1.165, 1.54) is 19.3 Å². The average Bonchev–Trinajstić information content (AvgIpc) is 2.82. The second kappa shape index (κ2) is 4.74. The monoisotopic (exact) mass is 224 g/mol. The molecule has 4 unspecified atom stereocenters. The fourth-order valence-corrected chi connectivity index (χ4v) is 3.26. The molecule has 4 atom stereocenters. The highest BCUT2D eigenvalue weighted by Gasteiger charge is 2.43. The zero-order valence-corrected chi connectivity index (χ0v) is 10.7. The van der Waals surface area contributed by atoms with E-state index in [9.17, 15) is 4.79 Å². The molecule has 1 aliphatic heterocycles. The van der Waals surface area contributed by atoms with Crippen LogP contribution in [0.4, 0.5) is 0 Å². The number of carbonyl (C=O) groups is 1. The van der Waals surface area contributed by atoms with Crippen LogP contribution in [0.1, 0.15) is 52.9 Å². The van der Waals surface area contributed by atoms with Gasteiger partial charge in [0.05, 0.1) is 12.2 Å². The van der Waals surface area contributed by atoms with E-state index in [4.69, 9.17) is 0 Å². The van der Waals surface area contributed by atoms with Crippen LogP contribution in [-0.4, -0.2) is 29.1 Å². The highest BCUT2D eigenvalue weighted by Crippen LogP contribution is 2.33. The Labute approximate surface area is 98.6 Å². The first-order valence-corrected chi connectivity index (χ1v) is 6.77. The molecule has 0 aromatic heterocycles. The van der Waals surface area contributed by atoms with Gasteiger partial charge in [0.15, 0.2) is 0 Å². The SMILES string of the molecule is CCC1NC(CC)N(C2CCCC2C)C1=O. The molecular formula is C13H24N2O. The molecule has 3 heteroatoms. The fourth-order valence-electron chi connectivity index (χ4n) is 3.26. The number of hydrogen-bond acceptors (Lipinski definition) is 2. The molecule has 1 aliphatic carbocycles. The molecule has 2 fully saturated rings. The third-order valence-electron chi connectivity index (χ3n) is 4.25. The number of rotatable bonds is 3. The van der Waals surface area contributed by atoms with Crippen LogP contribution in [0.2, 0.25) is 0 Å². The Bertz CT molecular complexity index is 267. The summed E-state index contributed by atoms with van der Waals surface area (Å²) < 4.78 is 0. The summed E-state index contributed by atoms with van der Waals surface area (Å²) in [5, 5.41) is 3.46. The summed E-state index contributed by atoms with van der Waals surface area (Å²) in [5.74, 6) is 1.02. The minimum absolute atomic E-state index is 0.0674. The number of nitrogens with zero attached hydrogens (tertiary/aromatic N) is 1. The second-order valence-electron chi connectivity index (χ2n) is 5.27. The van der Waals surface area contributed by atoms with Crippen molar-refractivity contribution >= 4 is 5.91 Å². The van der Waals surface area contributed by atoms with Crippen LogP contribution in [0.15, 0.2) is 0 Å². The molecule has 0 spiro atoms. The minimum Gasteiger partial charge on any atom is -0.323 e. The summed E-state index contributed by atoms with van der Waals surface area (Å²) in [6, 6.07) is 0.555. The zero-order chi connectivity index (χ0) is 11.7. The Balaban J connectivity index is 2.14. The fraction of sp³-hybridized carbons (Fsp3) is 0.923. The first-order chi connectivity index (χ1) is 7.69. The van der Waals surface area contributed by atoms with Crippen molar-refractivity contribution in [1.29, 1.82) is 0 Å². The Hall–Kier alpha value is -0.570.